The fourth-order valence-corrected chi connectivity index (χ4v) is 4.41. The van der Waals surface area contributed by atoms with Gasteiger partial charge in [0.05, 0.1) is 18.1 Å². The molecule has 158 valence electrons. The van der Waals surface area contributed by atoms with Crippen molar-refractivity contribution in [2.75, 3.05) is 19.7 Å². The summed E-state index contributed by atoms with van der Waals surface area (Å²) in [6.45, 7) is 7.03. The highest BCUT2D eigenvalue weighted by atomic mass is 16.5. The summed E-state index contributed by atoms with van der Waals surface area (Å²) in [6, 6.07) is 7.32. The van der Waals surface area contributed by atoms with Gasteiger partial charge < -0.3 is 25.0 Å². The van der Waals surface area contributed by atoms with Gasteiger partial charge in [-0.2, -0.15) is 0 Å². The Bertz CT molecular complexity index is 921. The Morgan fingerprint density at radius 2 is 2.10 bits per heavy atom. The molecule has 3 aliphatic heterocycles. The van der Waals surface area contributed by atoms with Crippen LogP contribution in [0.4, 0.5) is 4.79 Å². The predicted molar refractivity (Wildman–Crippen MR) is 109 cm³/mol. The first kappa shape index (κ1) is 20.2. The predicted octanol–water partition coefficient (Wildman–Crippen LogP) is 1.26. The number of urea groups is 1. The van der Waals surface area contributed by atoms with E-state index in [4.69, 9.17) is 4.74 Å². The Kier molecular flexibility index (Phi) is 5.34. The Hall–Kier alpha value is -3.13. The number of aliphatic hydroxyl groups excluding tert-OH is 1. The Labute approximate surface area is 174 Å². The number of ether oxygens (including phenoxy) is 1. The topological polar surface area (TPSA) is 99.2 Å². The van der Waals surface area contributed by atoms with Crippen molar-refractivity contribution in [1.82, 2.24) is 15.1 Å². The zero-order valence-corrected chi connectivity index (χ0v) is 16.8. The third-order valence-electron chi connectivity index (χ3n) is 5.88. The second-order valence-corrected chi connectivity index (χ2v) is 7.81. The van der Waals surface area contributed by atoms with Gasteiger partial charge in [0.2, 0.25) is 5.91 Å². The van der Waals surface area contributed by atoms with Crippen LogP contribution in [-0.4, -0.2) is 64.7 Å². The van der Waals surface area contributed by atoms with E-state index >= 15 is 0 Å². The van der Waals surface area contributed by atoms with Crippen molar-refractivity contribution >= 4 is 23.5 Å². The molecule has 1 aromatic carbocycles. The van der Waals surface area contributed by atoms with Crippen LogP contribution in [0, 0.1) is 5.92 Å². The van der Waals surface area contributed by atoms with E-state index in [0.717, 1.165) is 16.7 Å². The van der Waals surface area contributed by atoms with E-state index in [2.05, 4.69) is 11.9 Å². The molecular formula is C22H25N3O5. The van der Waals surface area contributed by atoms with Crippen LogP contribution >= 0.6 is 0 Å². The average molecular weight is 411 g/mol. The summed E-state index contributed by atoms with van der Waals surface area (Å²) in [5.41, 5.74) is 2.78. The van der Waals surface area contributed by atoms with Gasteiger partial charge in [-0.15, -0.1) is 0 Å². The number of hydrogen-bond acceptors (Lipinski definition) is 5. The molecule has 3 aliphatic rings. The number of fused-ring (bicyclic) bond motifs is 1. The van der Waals surface area contributed by atoms with Gasteiger partial charge in [0.25, 0.3) is 0 Å². The lowest BCUT2D eigenvalue weighted by Crippen LogP contribution is -2.61. The van der Waals surface area contributed by atoms with Crippen molar-refractivity contribution in [2.45, 2.75) is 32.0 Å². The maximum atomic E-state index is 12.7. The molecule has 0 spiro atoms. The maximum absolute atomic E-state index is 12.7. The smallest absolute Gasteiger partial charge is 0.355 e. The Morgan fingerprint density at radius 3 is 2.70 bits per heavy atom. The lowest BCUT2D eigenvalue weighted by Gasteiger charge is -2.44. The molecule has 4 rings (SSSR count). The molecule has 8 nitrogen and oxygen atoms in total. The standard InChI is InChI=1S/C22H25N3O5/c1-3-10-30-21(28)19-16(11-17-18(13(2)26)20(27)25(17)19)15-6-4-14(5-7-15)12-24-9-8-23-22(24)29/h3-7,13,17-18,26H,1,8-12H2,2H3,(H,23,29)/t13-,17-,18-/m1/s1. The highest BCUT2D eigenvalue weighted by Crippen LogP contribution is 2.47. The third-order valence-corrected chi connectivity index (χ3v) is 5.88. The van der Waals surface area contributed by atoms with Gasteiger partial charge >= 0.3 is 12.0 Å². The zero-order valence-electron chi connectivity index (χ0n) is 16.8. The number of β-lactam (4-membered cyclic amide) rings is 1. The summed E-state index contributed by atoms with van der Waals surface area (Å²) in [5.74, 6) is -1.34. The fourth-order valence-electron chi connectivity index (χ4n) is 4.41. The second-order valence-electron chi connectivity index (χ2n) is 7.81. The van der Waals surface area contributed by atoms with Crippen LogP contribution < -0.4 is 5.32 Å². The van der Waals surface area contributed by atoms with Gasteiger partial charge in [-0.25, -0.2) is 9.59 Å². The van der Waals surface area contributed by atoms with E-state index in [9.17, 15) is 19.5 Å². The van der Waals surface area contributed by atoms with Gasteiger partial charge in [0, 0.05) is 19.6 Å². The second kappa shape index (κ2) is 7.95. The minimum atomic E-state index is -0.780. The van der Waals surface area contributed by atoms with Gasteiger partial charge in [0.15, 0.2) is 0 Å². The molecule has 8 heteroatoms. The summed E-state index contributed by atoms with van der Waals surface area (Å²) in [7, 11) is 0. The van der Waals surface area contributed by atoms with E-state index in [-0.39, 0.29) is 30.3 Å². The maximum Gasteiger partial charge on any atom is 0.355 e. The molecule has 1 aromatic rings. The molecule has 3 atom stereocenters. The van der Waals surface area contributed by atoms with Crippen LogP contribution in [0.2, 0.25) is 0 Å². The van der Waals surface area contributed by atoms with Crippen LogP contribution in [0.3, 0.4) is 0 Å². The summed E-state index contributed by atoms with van der Waals surface area (Å²) in [4.78, 5) is 40.2. The number of esters is 1. The van der Waals surface area contributed by atoms with Crippen molar-refractivity contribution in [3.63, 3.8) is 0 Å². The fraction of sp³-hybridized carbons (Fsp3) is 0.409. The first-order chi connectivity index (χ1) is 14.4. The molecule has 0 unspecified atom stereocenters. The summed E-state index contributed by atoms with van der Waals surface area (Å²) >= 11 is 0. The number of carbonyl (C=O) groups excluding carboxylic acids is 3. The zero-order chi connectivity index (χ0) is 21.4. The minimum absolute atomic E-state index is 0.0545. The number of carbonyl (C=O) groups is 3. The number of hydrogen-bond donors (Lipinski definition) is 2. The van der Waals surface area contributed by atoms with Crippen molar-refractivity contribution < 1.29 is 24.2 Å². The summed E-state index contributed by atoms with van der Waals surface area (Å²) < 4.78 is 5.23. The van der Waals surface area contributed by atoms with Crippen molar-refractivity contribution in [1.29, 1.82) is 0 Å². The quantitative estimate of drug-likeness (QED) is 0.400. The highest BCUT2D eigenvalue weighted by molar-refractivity contribution is 6.06. The van der Waals surface area contributed by atoms with Crippen LogP contribution in [0.5, 0.6) is 0 Å². The lowest BCUT2D eigenvalue weighted by atomic mass is 9.82. The molecular weight excluding hydrogens is 386 g/mol. The minimum Gasteiger partial charge on any atom is -0.457 e. The molecule has 0 radical (unpaired) electrons. The van der Waals surface area contributed by atoms with Crippen molar-refractivity contribution in [3.05, 3.63) is 53.7 Å². The van der Waals surface area contributed by atoms with E-state index in [0.29, 0.717) is 26.1 Å². The lowest BCUT2D eigenvalue weighted by molar-refractivity contribution is -0.162. The molecule has 30 heavy (non-hydrogen) atoms. The molecule has 3 amide bonds. The van der Waals surface area contributed by atoms with Crippen molar-refractivity contribution in [3.8, 4) is 0 Å². The average Bonchev–Trinajstić information content (AvgIpc) is 3.27. The Balaban J connectivity index is 1.60. The van der Waals surface area contributed by atoms with E-state index in [1.54, 1.807) is 11.8 Å². The van der Waals surface area contributed by atoms with Gasteiger partial charge in [-0.3, -0.25) is 4.79 Å². The number of benzene rings is 1. The largest absolute Gasteiger partial charge is 0.457 e. The monoisotopic (exact) mass is 411 g/mol. The van der Waals surface area contributed by atoms with E-state index < -0.39 is 18.0 Å². The molecule has 2 fully saturated rings. The highest BCUT2D eigenvalue weighted by Gasteiger charge is 2.57. The van der Waals surface area contributed by atoms with Crippen LogP contribution in [0.1, 0.15) is 24.5 Å². The van der Waals surface area contributed by atoms with Gasteiger partial charge in [0.1, 0.15) is 12.3 Å². The van der Waals surface area contributed by atoms with Crippen molar-refractivity contribution in [2.24, 2.45) is 5.92 Å². The molecule has 0 aromatic heterocycles. The van der Waals surface area contributed by atoms with E-state index in [1.807, 2.05) is 24.3 Å². The first-order valence-corrected chi connectivity index (χ1v) is 10.1. The summed E-state index contributed by atoms with van der Waals surface area (Å²) in [5, 5.41) is 12.8. The van der Waals surface area contributed by atoms with Crippen LogP contribution in [0.25, 0.3) is 5.57 Å². The van der Waals surface area contributed by atoms with E-state index in [1.165, 1.54) is 11.0 Å². The Morgan fingerprint density at radius 1 is 1.37 bits per heavy atom. The molecule has 3 heterocycles. The number of nitrogens with zero attached hydrogens (tertiary/aromatic N) is 2. The van der Waals surface area contributed by atoms with Crippen LogP contribution in [0.15, 0.2) is 42.6 Å². The first-order valence-electron chi connectivity index (χ1n) is 10.1. The summed E-state index contributed by atoms with van der Waals surface area (Å²) in [6.07, 6.45) is 1.18. The van der Waals surface area contributed by atoms with Gasteiger partial charge in [-0.05, 0) is 30.0 Å². The van der Waals surface area contributed by atoms with Crippen LogP contribution in [-0.2, 0) is 20.9 Å². The number of rotatable bonds is 7. The normalized spacial score (nSPS) is 23.8. The molecule has 2 saturated heterocycles. The molecule has 0 saturated carbocycles. The number of aliphatic hydroxyl groups is 1. The molecule has 0 aliphatic carbocycles. The SMILES string of the molecule is C=CCOC(=O)C1=C(c2ccc(CN3CCNC3=O)cc2)C[C@@H]2[C@@H]([C@@H](C)O)C(=O)N12. The molecule has 0 bridgehead atoms. The third kappa shape index (κ3) is 3.37. The van der Waals surface area contributed by atoms with Gasteiger partial charge in [-0.1, -0.05) is 36.9 Å². The number of amides is 3. The molecule has 2 N–H and O–H groups in total. The number of nitrogens with one attached hydrogen (secondary N) is 1.